The minimum absolute atomic E-state index is 0.0129. The Morgan fingerprint density at radius 3 is 2.32 bits per heavy atom. The highest BCUT2D eigenvalue weighted by atomic mass is 32.2. The number of rotatable bonds is 5. The number of nitrogen functional groups attached to an aromatic ring is 1. The van der Waals surface area contributed by atoms with Gasteiger partial charge in [0.05, 0.1) is 22.8 Å². The molecule has 19 heavy (non-hydrogen) atoms. The van der Waals surface area contributed by atoms with Crippen molar-refractivity contribution in [1.29, 1.82) is 0 Å². The molecule has 0 spiro atoms. The first-order valence-electron chi connectivity index (χ1n) is 5.77. The molecule has 0 aliphatic carbocycles. The van der Waals surface area contributed by atoms with Gasteiger partial charge in [-0.3, -0.25) is 4.79 Å². The molecule has 106 valence electrons. The van der Waals surface area contributed by atoms with Crippen molar-refractivity contribution >= 4 is 27.1 Å². The third-order valence-electron chi connectivity index (χ3n) is 2.69. The molecule has 6 nitrogen and oxygen atoms in total. The average Bonchev–Trinajstić information content (AvgIpc) is 2.24. The predicted octanol–water partition coefficient (Wildman–Crippen LogP) is 0.372. The molecule has 0 fully saturated rings. The largest absolute Gasteiger partial charge is 0.397 e. The van der Waals surface area contributed by atoms with Crippen LogP contribution >= 0.6 is 0 Å². The third-order valence-corrected chi connectivity index (χ3v) is 3.80. The Hall–Kier alpha value is -1.76. The number of primary amides is 1. The SMILES string of the molecule is CC(C)N(CC(N)=O)c1ccc(S(C)(=O)=O)cc1N. The van der Waals surface area contributed by atoms with Crippen molar-refractivity contribution in [2.24, 2.45) is 5.73 Å². The van der Waals surface area contributed by atoms with E-state index in [1.54, 1.807) is 11.0 Å². The molecule has 0 aromatic heterocycles. The highest BCUT2D eigenvalue weighted by Gasteiger charge is 2.17. The van der Waals surface area contributed by atoms with Crippen LogP contribution in [0.25, 0.3) is 0 Å². The Balaban J connectivity index is 3.23. The molecule has 4 N–H and O–H groups in total. The highest BCUT2D eigenvalue weighted by Crippen LogP contribution is 2.27. The van der Waals surface area contributed by atoms with E-state index in [-0.39, 0.29) is 17.5 Å². The first-order valence-corrected chi connectivity index (χ1v) is 7.66. The molecule has 0 unspecified atom stereocenters. The number of nitrogens with two attached hydrogens (primary N) is 2. The first kappa shape index (κ1) is 15.3. The summed E-state index contributed by atoms with van der Waals surface area (Å²) in [5.74, 6) is -0.472. The van der Waals surface area contributed by atoms with Crippen LogP contribution in [0.1, 0.15) is 13.8 Å². The van der Waals surface area contributed by atoms with Crippen LogP contribution in [0.15, 0.2) is 23.1 Å². The van der Waals surface area contributed by atoms with Gasteiger partial charge in [0.15, 0.2) is 9.84 Å². The maximum absolute atomic E-state index is 11.4. The van der Waals surface area contributed by atoms with Gasteiger partial charge in [-0.2, -0.15) is 0 Å². The fourth-order valence-electron chi connectivity index (χ4n) is 1.74. The summed E-state index contributed by atoms with van der Waals surface area (Å²) in [7, 11) is -3.30. The molecule has 0 saturated carbocycles. The molecule has 0 bridgehead atoms. The van der Waals surface area contributed by atoms with Gasteiger partial charge in [0.25, 0.3) is 0 Å². The maximum Gasteiger partial charge on any atom is 0.236 e. The Bertz CT molecular complexity index is 582. The molecule has 1 aromatic rings. The van der Waals surface area contributed by atoms with Crippen molar-refractivity contribution < 1.29 is 13.2 Å². The van der Waals surface area contributed by atoms with Crippen LogP contribution in [0.2, 0.25) is 0 Å². The molecule has 7 heteroatoms. The maximum atomic E-state index is 11.4. The minimum atomic E-state index is -3.30. The van der Waals surface area contributed by atoms with Gasteiger partial charge in [-0.1, -0.05) is 0 Å². The predicted molar refractivity (Wildman–Crippen MR) is 75.6 cm³/mol. The van der Waals surface area contributed by atoms with E-state index in [9.17, 15) is 13.2 Å². The lowest BCUT2D eigenvalue weighted by molar-refractivity contribution is -0.116. The Morgan fingerprint density at radius 1 is 1.37 bits per heavy atom. The Morgan fingerprint density at radius 2 is 1.95 bits per heavy atom. The minimum Gasteiger partial charge on any atom is -0.397 e. The summed E-state index contributed by atoms with van der Waals surface area (Å²) in [5, 5.41) is 0. The normalized spacial score (nSPS) is 11.6. The van der Waals surface area contributed by atoms with E-state index < -0.39 is 15.7 Å². The second kappa shape index (κ2) is 5.48. The number of hydrogen-bond acceptors (Lipinski definition) is 5. The van der Waals surface area contributed by atoms with Crippen LogP contribution in [0.3, 0.4) is 0 Å². The van der Waals surface area contributed by atoms with Crippen LogP contribution in [0, 0.1) is 0 Å². The second-order valence-electron chi connectivity index (χ2n) is 4.68. The van der Waals surface area contributed by atoms with Crippen molar-refractivity contribution in [2.45, 2.75) is 24.8 Å². The quantitative estimate of drug-likeness (QED) is 0.760. The number of nitrogens with zero attached hydrogens (tertiary/aromatic N) is 1. The number of hydrogen-bond donors (Lipinski definition) is 2. The zero-order valence-electron chi connectivity index (χ0n) is 11.3. The zero-order chi connectivity index (χ0) is 14.8. The van der Waals surface area contributed by atoms with Crippen LogP contribution < -0.4 is 16.4 Å². The molecule has 0 aliphatic rings. The summed E-state index contributed by atoms with van der Waals surface area (Å²) in [4.78, 5) is 12.9. The van der Waals surface area contributed by atoms with Gasteiger partial charge in [0.2, 0.25) is 5.91 Å². The number of carbonyl (C=O) groups excluding carboxylic acids is 1. The van der Waals surface area contributed by atoms with Crippen LogP contribution in [0.5, 0.6) is 0 Å². The van der Waals surface area contributed by atoms with E-state index in [2.05, 4.69) is 0 Å². The van der Waals surface area contributed by atoms with Gasteiger partial charge in [0, 0.05) is 12.3 Å². The first-order chi connectivity index (χ1) is 8.62. The average molecular weight is 285 g/mol. The lowest BCUT2D eigenvalue weighted by Crippen LogP contribution is -2.39. The summed E-state index contributed by atoms with van der Waals surface area (Å²) in [6.07, 6.45) is 1.12. The number of anilines is 2. The fourth-order valence-corrected chi connectivity index (χ4v) is 2.39. The van der Waals surface area contributed by atoms with E-state index in [0.29, 0.717) is 11.4 Å². The number of carbonyl (C=O) groups is 1. The fraction of sp³-hybridized carbons (Fsp3) is 0.417. The Kier molecular flexibility index (Phi) is 4.41. The van der Waals surface area contributed by atoms with Gasteiger partial charge < -0.3 is 16.4 Å². The molecule has 0 radical (unpaired) electrons. The molecule has 1 aromatic carbocycles. The number of amides is 1. The van der Waals surface area contributed by atoms with Gasteiger partial charge in [0.1, 0.15) is 0 Å². The zero-order valence-corrected chi connectivity index (χ0v) is 12.1. The molecule has 0 heterocycles. The van der Waals surface area contributed by atoms with Gasteiger partial charge in [-0.05, 0) is 32.0 Å². The van der Waals surface area contributed by atoms with E-state index >= 15 is 0 Å². The molecule has 1 amide bonds. The molecule has 1 rings (SSSR count). The van der Waals surface area contributed by atoms with Gasteiger partial charge in [-0.15, -0.1) is 0 Å². The van der Waals surface area contributed by atoms with Crippen molar-refractivity contribution in [1.82, 2.24) is 0 Å². The highest BCUT2D eigenvalue weighted by molar-refractivity contribution is 7.90. The molecular weight excluding hydrogens is 266 g/mol. The van der Waals surface area contributed by atoms with Gasteiger partial charge in [-0.25, -0.2) is 8.42 Å². The third kappa shape index (κ3) is 3.85. The number of benzene rings is 1. The summed E-state index contributed by atoms with van der Waals surface area (Å²) >= 11 is 0. The topological polar surface area (TPSA) is 106 Å². The second-order valence-corrected chi connectivity index (χ2v) is 6.70. The van der Waals surface area contributed by atoms with E-state index in [4.69, 9.17) is 11.5 Å². The summed E-state index contributed by atoms with van der Waals surface area (Å²) in [5.41, 5.74) is 12.0. The van der Waals surface area contributed by atoms with E-state index in [1.165, 1.54) is 12.1 Å². The van der Waals surface area contributed by atoms with Crippen molar-refractivity contribution in [3.63, 3.8) is 0 Å². The van der Waals surface area contributed by atoms with Crippen molar-refractivity contribution in [3.8, 4) is 0 Å². The number of sulfone groups is 1. The lowest BCUT2D eigenvalue weighted by Gasteiger charge is -2.29. The van der Waals surface area contributed by atoms with E-state index in [0.717, 1.165) is 6.26 Å². The summed E-state index contributed by atoms with van der Waals surface area (Å²) in [6, 6.07) is 4.46. The van der Waals surface area contributed by atoms with Crippen molar-refractivity contribution in [2.75, 3.05) is 23.4 Å². The van der Waals surface area contributed by atoms with Crippen LogP contribution in [0.4, 0.5) is 11.4 Å². The molecule has 0 saturated heterocycles. The van der Waals surface area contributed by atoms with Crippen molar-refractivity contribution in [3.05, 3.63) is 18.2 Å². The monoisotopic (exact) mass is 285 g/mol. The molecule has 0 aliphatic heterocycles. The summed E-state index contributed by atoms with van der Waals surface area (Å²) < 4.78 is 22.9. The molecular formula is C12H19N3O3S. The van der Waals surface area contributed by atoms with Crippen LogP contribution in [-0.4, -0.2) is 33.2 Å². The summed E-state index contributed by atoms with van der Waals surface area (Å²) in [6.45, 7) is 3.82. The van der Waals surface area contributed by atoms with Crippen LogP contribution in [-0.2, 0) is 14.6 Å². The standard InChI is InChI=1S/C12H19N3O3S/c1-8(2)15(7-12(14)16)11-5-4-9(6-10(11)13)19(3,17)18/h4-6,8H,7,13H2,1-3H3,(H2,14,16). The smallest absolute Gasteiger partial charge is 0.236 e. The van der Waals surface area contributed by atoms with E-state index in [1.807, 2.05) is 13.8 Å². The Labute approximate surface area is 113 Å². The van der Waals surface area contributed by atoms with Gasteiger partial charge >= 0.3 is 0 Å². The lowest BCUT2D eigenvalue weighted by atomic mass is 10.2. The molecule has 0 atom stereocenters.